The standard InChI is InChI=1S/C21H23F2N3O4/c1-29-18-12-14(6-8-17(18)30-21(22)23)20(28)25-15-11-13(19(24)27)5-7-16(15)26-9-3-2-4-10-26/h5-8,11-12,21H,2-4,9-10H2,1H3,(H2,24,27)(H,25,28). The minimum Gasteiger partial charge on any atom is -0.493 e. The molecule has 1 aliphatic heterocycles. The van der Waals surface area contributed by atoms with Crippen LogP contribution in [0.25, 0.3) is 0 Å². The Bertz CT molecular complexity index is 930. The van der Waals surface area contributed by atoms with Gasteiger partial charge in [0.15, 0.2) is 11.5 Å². The lowest BCUT2D eigenvalue weighted by Gasteiger charge is -2.30. The number of benzene rings is 2. The number of amides is 2. The number of primary amides is 1. The summed E-state index contributed by atoms with van der Waals surface area (Å²) >= 11 is 0. The fraction of sp³-hybridized carbons (Fsp3) is 0.333. The second-order valence-electron chi connectivity index (χ2n) is 6.84. The van der Waals surface area contributed by atoms with E-state index in [-0.39, 0.29) is 22.6 Å². The Morgan fingerprint density at radius 2 is 1.73 bits per heavy atom. The van der Waals surface area contributed by atoms with Gasteiger partial charge in [-0.3, -0.25) is 9.59 Å². The van der Waals surface area contributed by atoms with E-state index in [4.69, 9.17) is 10.5 Å². The minimum absolute atomic E-state index is 0.00471. The van der Waals surface area contributed by atoms with Gasteiger partial charge in [-0.2, -0.15) is 8.78 Å². The van der Waals surface area contributed by atoms with E-state index in [2.05, 4.69) is 15.0 Å². The number of nitrogens with zero attached hydrogens (tertiary/aromatic N) is 1. The number of alkyl halides is 2. The summed E-state index contributed by atoms with van der Waals surface area (Å²) in [7, 11) is 1.29. The maximum Gasteiger partial charge on any atom is 0.387 e. The highest BCUT2D eigenvalue weighted by molar-refractivity contribution is 6.07. The Morgan fingerprint density at radius 1 is 1.03 bits per heavy atom. The molecule has 9 heteroatoms. The van der Waals surface area contributed by atoms with Crippen LogP contribution in [0.5, 0.6) is 11.5 Å². The van der Waals surface area contributed by atoms with Crippen molar-refractivity contribution in [1.29, 1.82) is 0 Å². The van der Waals surface area contributed by atoms with Gasteiger partial charge in [-0.05, 0) is 55.7 Å². The van der Waals surface area contributed by atoms with Crippen molar-refractivity contribution in [3.63, 3.8) is 0 Å². The monoisotopic (exact) mass is 419 g/mol. The van der Waals surface area contributed by atoms with Crippen LogP contribution in [0.1, 0.15) is 40.0 Å². The fourth-order valence-corrected chi connectivity index (χ4v) is 3.40. The van der Waals surface area contributed by atoms with Gasteiger partial charge in [-0.1, -0.05) is 0 Å². The van der Waals surface area contributed by atoms with Gasteiger partial charge in [0.2, 0.25) is 5.91 Å². The van der Waals surface area contributed by atoms with Crippen LogP contribution in [0.15, 0.2) is 36.4 Å². The van der Waals surface area contributed by atoms with Crippen molar-refractivity contribution in [2.75, 3.05) is 30.4 Å². The summed E-state index contributed by atoms with van der Waals surface area (Å²) in [6.45, 7) is -1.33. The zero-order chi connectivity index (χ0) is 21.7. The van der Waals surface area contributed by atoms with E-state index in [0.29, 0.717) is 5.69 Å². The molecule has 2 aromatic rings. The lowest BCUT2D eigenvalue weighted by molar-refractivity contribution is -0.0512. The number of hydrogen-bond acceptors (Lipinski definition) is 5. The molecule has 0 unspecified atom stereocenters. The first kappa shape index (κ1) is 21.4. The van der Waals surface area contributed by atoms with Crippen LogP contribution in [0.2, 0.25) is 0 Å². The van der Waals surface area contributed by atoms with E-state index < -0.39 is 18.4 Å². The van der Waals surface area contributed by atoms with E-state index >= 15 is 0 Å². The second kappa shape index (κ2) is 9.43. The predicted molar refractivity (Wildman–Crippen MR) is 109 cm³/mol. The number of carbonyl (C=O) groups is 2. The molecule has 1 heterocycles. The molecular weight excluding hydrogens is 396 g/mol. The maximum absolute atomic E-state index is 12.8. The number of carbonyl (C=O) groups excluding carboxylic acids is 2. The van der Waals surface area contributed by atoms with E-state index in [0.717, 1.165) is 38.0 Å². The fourth-order valence-electron chi connectivity index (χ4n) is 3.40. The number of methoxy groups -OCH3 is 1. The van der Waals surface area contributed by atoms with Gasteiger partial charge in [-0.15, -0.1) is 0 Å². The van der Waals surface area contributed by atoms with E-state index in [1.165, 1.54) is 31.4 Å². The highest BCUT2D eigenvalue weighted by Gasteiger charge is 2.19. The molecular formula is C21H23F2N3O4. The molecule has 0 atom stereocenters. The smallest absolute Gasteiger partial charge is 0.387 e. The third-order valence-corrected chi connectivity index (χ3v) is 4.87. The van der Waals surface area contributed by atoms with Gasteiger partial charge in [-0.25, -0.2) is 0 Å². The van der Waals surface area contributed by atoms with Crippen LogP contribution in [0.3, 0.4) is 0 Å². The minimum atomic E-state index is -3.01. The van der Waals surface area contributed by atoms with Crippen molar-refractivity contribution < 1.29 is 27.8 Å². The molecule has 3 N–H and O–H groups in total. The van der Waals surface area contributed by atoms with Crippen molar-refractivity contribution >= 4 is 23.2 Å². The van der Waals surface area contributed by atoms with E-state index in [9.17, 15) is 18.4 Å². The molecule has 30 heavy (non-hydrogen) atoms. The Balaban J connectivity index is 1.89. The molecule has 2 amide bonds. The van der Waals surface area contributed by atoms with Crippen molar-refractivity contribution in [3.8, 4) is 11.5 Å². The van der Waals surface area contributed by atoms with Crippen LogP contribution in [0.4, 0.5) is 20.2 Å². The maximum atomic E-state index is 12.8. The summed E-state index contributed by atoms with van der Waals surface area (Å²) in [6.07, 6.45) is 3.21. The van der Waals surface area contributed by atoms with Crippen LogP contribution < -0.4 is 25.4 Å². The van der Waals surface area contributed by atoms with Gasteiger partial charge in [0.25, 0.3) is 5.91 Å². The molecule has 2 aromatic carbocycles. The molecule has 0 radical (unpaired) electrons. The SMILES string of the molecule is COc1cc(C(=O)Nc2cc(C(N)=O)ccc2N2CCCCC2)ccc1OC(F)F. The molecule has 0 saturated carbocycles. The zero-order valence-corrected chi connectivity index (χ0v) is 16.5. The topological polar surface area (TPSA) is 93.9 Å². The van der Waals surface area contributed by atoms with Crippen LogP contribution in [-0.4, -0.2) is 38.6 Å². The normalized spacial score (nSPS) is 13.8. The van der Waals surface area contributed by atoms with Crippen molar-refractivity contribution in [2.24, 2.45) is 5.73 Å². The average Bonchev–Trinajstić information content (AvgIpc) is 2.74. The third kappa shape index (κ3) is 4.97. The Kier molecular flexibility index (Phi) is 6.71. The number of hydrogen-bond donors (Lipinski definition) is 2. The molecule has 1 saturated heterocycles. The number of halogens is 2. The summed E-state index contributed by atoms with van der Waals surface area (Å²) in [5, 5.41) is 2.80. The van der Waals surface area contributed by atoms with Crippen LogP contribution in [0, 0.1) is 0 Å². The quantitative estimate of drug-likeness (QED) is 0.715. The van der Waals surface area contributed by atoms with Gasteiger partial charge < -0.3 is 25.4 Å². The molecule has 7 nitrogen and oxygen atoms in total. The van der Waals surface area contributed by atoms with Crippen LogP contribution >= 0.6 is 0 Å². The van der Waals surface area contributed by atoms with Crippen LogP contribution in [-0.2, 0) is 0 Å². The zero-order valence-electron chi connectivity index (χ0n) is 16.5. The van der Waals surface area contributed by atoms with Crippen molar-refractivity contribution in [3.05, 3.63) is 47.5 Å². The number of nitrogens with two attached hydrogens (primary N) is 1. The molecule has 0 bridgehead atoms. The van der Waals surface area contributed by atoms with Crippen molar-refractivity contribution in [2.45, 2.75) is 25.9 Å². The first-order valence-electron chi connectivity index (χ1n) is 9.52. The summed E-state index contributed by atoms with van der Waals surface area (Å²) in [5.41, 5.74) is 7.08. The Hall–Kier alpha value is -3.36. The number of anilines is 2. The summed E-state index contributed by atoms with van der Waals surface area (Å²) in [5.74, 6) is -1.26. The number of ether oxygens (including phenoxy) is 2. The highest BCUT2D eigenvalue weighted by Crippen LogP contribution is 2.32. The predicted octanol–water partition coefficient (Wildman–Crippen LogP) is 3.64. The molecule has 0 aliphatic carbocycles. The second-order valence-corrected chi connectivity index (χ2v) is 6.84. The van der Waals surface area contributed by atoms with E-state index in [1.807, 2.05) is 0 Å². The van der Waals surface area contributed by atoms with Crippen molar-refractivity contribution in [1.82, 2.24) is 0 Å². The van der Waals surface area contributed by atoms with Gasteiger partial charge >= 0.3 is 6.61 Å². The van der Waals surface area contributed by atoms with Gasteiger partial charge in [0, 0.05) is 24.2 Å². The molecule has 0 aromatic heterocycles. The summed E-state index contributed by atoms with van der Waals surface area (Å²) in [6, 6.07) is 8.84. The lowest BCUT2D eigenvalue weighted by atomic mass is 10.1. The third-order valence-electron chi connectivity index (χ3n) is 4.87. The molecule has 1 aliphatic rings. The number of rotatable bonds is 7. The summed E-state index contributed by atoms with van der Waals surface area (Å²) in [4.78, 5) is 26.6. The highest BCUT2D eigenvalue weighted by atomic mass is 19.3. The number of piperidine rings is 1. The number of nitrogens with one attached hydrogen (secondary N) is 1. The van der Waals surface area contributed by atoms with Gasteiger partial charge in [0.1, 0.15) is 0 Å². The van der Waals surface area contributed by atoms with E-state index in [1.54, 1.807) is 12.1 Å². The molecule has 0 spiro atoms. The average molecular weight is 419 g/mol. The Morgan fingerprint density at radius 3 is 2.37 bits per heavy atom. The largest absolute Gasteiger partial charge is 0.493 e. The van der Waals surface area contributed by atoms with Gasteiger partial charge in [0.05, 0.1) is 18.5 Å². The Labute approximate surface area is 172 Å². The molecule has 160 valence electrons. The summed E-state index contributed by atoms with van der Waals surface area (Å²) < 4.78 is 34.4. The first-order chi connectivity index (χ1) is 14.4. The molecule has 1 fully saturated rings. The first-order valence-corrected chi connectivity index (χ1v) is 9.52. The molecule has 3 rings (SSSR count). The lowest BCUT2D eigenvalue weighted by Crippen LogP contribution is -2.30.